The van der Waals surface area contributed by atoms with Crippen molar-refractivity contribution in [1.82, 2.24) is 5.32 Å². The molecule has 2 aliphatic heterocycles. The number of benzene rings is 1. The number of nitrogens with zero attached hydrogens (tertiary/aromatic N) is 1. The molecule has 1 unspecified atom stereocenters. The number of hydrogen-bond donors (Lipinski definition) is 1. The first-order chi connectivity index (χ1) is 8.84. The Labute approximate surface area is 107 Å². The van der Waals surface area contributed by atoms with Crippen molar-refractivity contribution < 1.29 is 9.53 Å². The first-order valence-electron chi connectivity index (χ1n) is 6.55. The molecule has 0 saturated carbocycles. The van der Waals surface area contributed by atoms with Crippen molar-refractivity contribution in [3.05, 3.63) is 29.8 Å². The summed E-state index contributed by atoms with van der Waals surface area (Å²) in [6, 6.07) is 8.10. The maximum Gasteiger partial charge on any atom is 0.241 e. The summed E-state index contributed by atoms with van der Waals surface area (Å²) >= 11 is 0. The average Bonchev–Trinajstić information content (AvgIpc) is 2.84. The maximum atomic E-state index is 12.2. The fourth-order valence-corrected chi connectivity index (χ4v) is 2.65. The maximum absolute atomic E-state index is 12.2. The highest BCUT2D eigenvalue weighted by Gasteiger charge is 2.26. The van der Waals surface area contributed by atoms with Crippen LogP contribution in [-0.4, -0.2) is 31.7 Å². The normalized spacial score (nSPS) is 23.9. The van der Waals surface area contributed by atoms with Gasteiger partial charge in [-0.3, -0.25) is 4.79 Å². The van der Waals surface area contributed by atoms with Crippen LogP contribution in [0, 0.1) is 0 Å². The standard InChI is InChI=1S/C14H18N2O2/c17-14-9-15-8-11-4-1-2-6-13(11)16(14)10-12-5-3-7-18-12/h1-2,4,6,12,15H,3,5,7-10H2. The molecular formula is C14H18N2O2. The Kier molecular flexibility index (Phi) is 3.30. The predicted octanol–water partition coefficient (Wildman–Crippen LogP) is 1.30. The topological polar surface area (TPSA) is 41.6 Å². The van der Waals surface area contributed by atoms with Crippen molar-refractivity contribution in [2.24, 2.45) is 0 Å². The third-order valence-electron chi connectivity index (χ3n) is 3.59. The predicted molar refractivity (Wildman–Crippen MR) is 69.5 cm³/mol. The van der Waals surface area contributed by atoms with Gasteiger partial charge in [-0.25, -0.2) is 0 Å². The molecule has 1 aromatic carbocycles. The van der Waals surface area contributed by atoms with Crippen LogP contribution >= 0.6 is 0 Å². The van der Waals surface area contributed by atoms with Crippen LogP contribution in [0.5, 0.6) is 0 Å². The molecule has 1 N–H and O–H groups in total. The molecule has 4 nitrogen and oxygen atoms in total. The molecule has 1 fully saturated rings. The van der Waals surface area contributed by atoms with Crippen LogP contribution in [-0.2, 0) is 16.1 Å². The lowest BCUT2D eigenvalue weighted by atomic mass is 10.1. The van der Waals surface area contributed by atoms with Crippen molar-refractivity contribution >= 4 is 11.6 Å². The van der Waals surface area contributed by atoms with E-state index >= 15 is 0 Å². The van der Waals surface area contributed by atoms with Crippen LogP contribution in [0.2, 0.25) is 0 Å². The van der Waals surface area contributed by atoms with E-state index in [1.54, 1.807) is 0 Å². The molecule has 2 heterocycles. The molecule has 0 spiro atoms. The zero-order chi connectivity index (χ0) is 12.4. The van der Waals surface area contributed by atoms with Gasteiger partial charge in [-0.1, -0.05) is 18.2 Å². The lowest BCUT2D eigenvalue weighted by molar-refractivity contribution is -0.118. The van der Waals surface area contributed by atoms with Gasteiger partial charge in [0.05, 0.1) is 19.2 Å². The minimum absolute atomic E-state index is 0.135. The summed E-state index contributed by atoms with van der Waals surface area (Å²) in [6.45, 7) is 2.66. The van der Waals surface area contributed by atoms with Crippen LogP contribution in [0.1, 0.15) is 18.4 Å². The lowest BCUT2D eigenvalue weighted by Gasteiger charge is -2.25. The summed E-state index contributed by atoms with van der Waals surface area (Å²) in [6.07, 6.45) is 2.35. The number of amides is 1. The molecule has 0 radical (unpaired) electrons. The first kappa shape index (κ1) is 11.7. The lowest BCUT2D eigenvalue weighted by Crippen LogP contribution is -2.40. The second kappa shape index (κ2) is 5.08. The molecule has 1 saturated heterocycles. The largest absolute Gasteiger partial charge is 0.376 e. The van der Waals surface area contributed by atoms with E-state index in [1.165, 1.54) is 5.56 Å². The van der Waals surface area contributed by atoms with Gasteiger partial charge in [0.15, 0.2) is 0 Å². The van der Waals surface area contributed by atoms with E-state index in [0.29, 0.717) is 13.1 Å². The molecule has 0 aliphatic carbocycles. The van der Waals surface area contributed by atoms with Crippen molar-refractivity contribution in [2.45, 2.75) is 25.5 Å². The Hall–Kier alpha value is -1.39. The van der Waals surface area contributed by atoms with E-state index in [4.69, 9.17) is 4.74 Å². The summed E-state index contributed by atoms with van der Waals surface area (Å²) in [7, 11) is 0. The van der Waals surface area contributed by atoms with Crippen molar-refractivity contribution in [1.29, 1.82) is 0 Å². The van der Waals surface area contributed by atoms with Crippen LogP contribution in [0.3, 0.4) is 0 Å². The fourth-order valence-electron chi connectivity index (χ4n) is 2.65. The zero-order valence-corrected chi connectivity index (χ0v) is 10.4. The second-order valence-electron chi connectivity index (χ2n) is 4.87. The molecular weight excluding hydrogens is 228 g/mol. The second-order valence-corrected chi connectivity index (χ2v) is 4.87. The number of para-hydroxylation sites is 1. The van der Waals surface area contributed by atoms with Gasteiger partial charge in [0.25, 0.3) is 0 Å². The smallest absolute Gasteiger partial charge is 0.241 e. The van der Waals surface area contributed by atoms with Crippen molar-refractivity contribution in [2.75, 3.05) is 24.6 Å². The van der Waals surface area contributed by atoms with Gasteiger partial charge in [-0.05, 0) is 24.5 Å². The molecule has 1 amide bonds. The van der Waals surface area contributed by atoms with Crippen LogP contribution < -0.4 is 10.2 Å². The number of ether oxygens (including phenoxy) is 1. The van der Waals surface area contributed by atoms with Gasteiger partial charge in [0.1, 0.15) is 0 Å². The average molecular weight is 246 g/mol. The monoisotopic (exact) mass is 246 g/mol. The summed E-state index contributed by atoms with van der Waals surface area (Å²) in [4.78, 5) is 14.1. The van der Waals surface area contributed by atoms with E-state index in [0.717, 1.165) is 31.7 Å². The third-order valence-corrected chi connectivity index (χ3v) is 3.59. The summed E-state index contributed by atoms with van der Waals surface area (Å²) in [5, 5.41) is 3.18. The van der Waals surface area contributed by atoms with Gasteiger partial charge in [-0.2, -0.15) is 0 Å². The van der Waals surface area contributed by atoms with E-state index < -0.39 is 0 Å². The quantitative estimate of drug-likeness (QED) is 0.855. The number of anilines is 1. The first-order valence-corrected chi connectivity index (χ1v) is 6.55. The molecule has 0 aromatic heterocycles. The van der Waals surface area contributed by atoms with Crippen LogP contribution in [0.25, 0.3) is 0 Å². The Morgan fingerprint density at radius 2 is 2.22 bits per heavy atom. The molecule has 2 aliphatic rings. The van der Waals surface area contributed by atoms with Gasteiger partial charge in [0, 0.05) is 18.8 Å². The molecule has 0 bridgehead atoms. The minimum atomic E-state index is 0.135. The van der Waals surface area contributed by atoms with Crippen molar-refractivity contribution in [3.63, 3.8) is 0 Å². The van der Waals surface area contributed by atoms with Crippen LogP contribution in [0.15, 0.2) is 24.3 Å². The summed E-state index contributed by atoms with van der Waals surface area (Å²) < 4.78 is 5.65. The van der Waals surface area contributed by atoms with Crippen LogP contribution in [0.4, 0.5) is 5.69 Å². The van der Waals surface area contributed by atoms with Gasteiger partial charge < -0.3 is 15.0 Å². The van der Waals surface area contributed by atoms with E-state index in [-0.39, 0.29) is 12.0 Å². The molecule has 4 heteroatoms. The summed E-state index contributed by atoms with van der Waals surface area (Å²) in [5.41, 5.74) is 2.21. The highest BCUT2D eigenvalue weighted by Crippen LogP contribution is 2.24. The Bertz CT molecular complexity index is 441. The van der Waals surface area contributed by atoms with Gasteiger partial charge >= 0.3 is 0 Å². The van der Waals surface area contributed by atoms with E-state index in [9.17, 15) is 4.79 Å². The Balaban J connectivity index is 1.87. The number of carbonyl (C=O) groups excluding carboxylic acids is 1. The molecule has 96 valence electrons. The highest BCUT2D eigenvalue weighted by atomic mass is 16.5. The molecule has 3 rings (SSSR count). The molecule has 1 aromatic rings. The zero-order valence-electron chi connectivity index (χ0n) is 10.4. The number of hydrogen-bond acceptors (Lipinski definition) is 3. The molecule has 1 atom stereocenters. The SMILES string of the molecule is O=C1CNCc2ccccc2N1CC1CCCO1. The highest BCUT2D eigenvalue weighted by molar-refractivity contribution is 5.96. The number of carbonyl (C=O) groups is 1. The molecule has 18 heavy (non-hydrogen) atoms. The number of nitrogens with one attached hydrogen (secondary N) is 1. The summed E-state index contributed by atoms with van der Waals surface area (Å²) in [5.74, 6) is 0.135. The number of fused-ring (bicyclic) bond motifs is 1. The van der Waals surface area contributed by atoms with E-state index in [2.05, 4.69) is 11.4 Å². The van der Waals surface area contributed by atoms with E-state index in [1.807, 2.05) is 23.1 Å². The third kappa shape index (κ3) is 2.26. The van der Waals surface area contributed by atoms with Gasteiger partial charge in [0.2, 0.25) is 5.91 Å². The Morgan fingerprint density at radius 3 is 3.06 bits per heavy atom. The number of rotatable bonds is 2. The fraction of sp³-hybridized carbons (Fsp3) is 0.500. The minimum Gasteiger partial charge on any atom is -0.376 e. The van der Waals surface area contributed by atoms with Gasteiger partial charge in [-0.15, -0.1) is 0 Å². The Morgan fingerprint density at radius 1 is 1.33 bits per heavy atom. The van der Waals surface area contributed by atoms with Crippen molar-refractivity contribution in [3.8, 4) is 0 Å².